The number of carbonyl (C=O) groups excluding carboxylic acids is 10. The van der Waals surface area contributed by atoms with Gasteiger partial charge in [0.25, 0.3) is 0 Å². The zero-order valence-electron chi connectivity index (χ0n) is 78.1. The second-order valence-electron chi connectivity index (χ2n) is 37.2. The minimum Gasteiger partial charge on any atom is -0.377 e. The number of nitrogens with one attached hydrogen (secondary N) is 3. The number of aromatic nitrogens is 15. The van der Waals surface area contributed by atoms with Crippen LogP contribution in [0.5, 0.6) is 0 Å². The molecule has 6 amide bonds. The fourth-order valence-corrected chi connectivity index (χ4v) is 21.1. The van der Waals surface area contributed by atoms with Gasteiger partial charge in [0.2, 0.25) is 35.4 Å². The van der Waals surface area contributed by atoms with Crippen LogP contribution in [0.2, 0.25) is 0 Å². The monoisotopic (exact) mass is 2100 g/mol. The fraction of sp³-hybridized carbons (Fsp3) is 0.373. The number of carbonyl (C=O) groups is 10. The third-order valence-corrected chi connectivity index (χ3v) is 28.9. The largest absolute Gasteiger partial charge is 0.377 e. The molecule has 0 radical (unpaired) electrons. The van der Waals surface area contributed by atoms with Gasteiger partial charge in [-0.1, -0.05) is 72.9 Å². The van der Waals surface area contributed by atoms with Crippen LogP contribution in [0.4, 0.5) is 11.6 Å². The number of hydrogen-bond donors (Lipinski definition) is 3. The number of rotatable bonds is 12. The number of benzene rings is 3. The maximum Gasteiger partial charge on any atom is 0.248 e. The molecule has 9 aromatic heterocycles. The molecule has 15 heterocycles. The first-order valence-corrected chi connectivity index (χ1v) is 49.0. The van der Waals surface area contributed by atoms with Gasteiger partial charge in [-0.15, -0.1) is 0 Å². The van der Waals surface area contributed by atoms with E-state index in [0.717, 1.165) is 57.3 Å². The molecular weight excluding hydrogens is 2000 g/mol. The predicted octanol–water partition coefficient (Wildman–Crippen LogP) is 12.8. The highest BCUT2D eigenvalue weighted by atomic mass is 79.9. The van der Waals surface area contributed by atoms with Crippen LogP contribution in [0.15, 0.2) is 178 Å². The Labute approximate surface area is 834 Å². The van der Waals surface area contributed by atoms with E-state index in [1.165, 1.54) is 25.5 Å². The van der Waals surface area contributed by atoms with Crippen molar-refractivity contribution in [1.82, 2.24) is 94.2 Å². The number of anilines is 2. The summed E-state index contributed by atoms with van der Waals surface area (Å²) in [5.41, 5.74) is 9.51. The van der Waals surface area contributed by atoms with Gasteiger partial charge in [0, 0.05) is 149 Å². The van der Waals surface area contributed by atoms with E-state index in [-0.39, 0.29) is 144 Å². The topological polar surface area (TPSA) is 432 Å². The molecule has 6 aliphatic heterocycles. The summed E-state index contributed by atoms with van der Waals surface area (Å²) in [7, 11) is 0. The van der Waals surface area contributed by atoms with E-state index in [9.17, 15) is 47.9 Å². The number of amides is 6. The number of fused-ring (bicyclic) bond motifs is 9. The molecule has 3 saturated carbocycles. The number of aryl methyl sites for hydroxylation is 3. The van der Waals surface area contributed by atoms with Crippen LogP contribution < -0.4 is 16.0 Å². The standard InChI is InChI=1S/C35H35BrN8O5.C34H33BrN6O5.C33H32BrN7O5/c1-20(45)32-25-12-22(24-15-37-21(2)38-16-24)7-9-26(25)43(42-32)17-31(47)44-27-13-35(14-28(35)44)19-39-30(46)6-4-3-5-11-49-18-23-8-10-29(36)40-33(23)41-34(27)48;1-20(42)33-25-11-22(24-15-36-21(2)37-16-24)5-7-27(25)40(39-33)17-32(44)41-28-13-34(14-30(34)41)19-46-10-4-3-9-45-18-23-6-8-31(35)38-26(23)12-29(28)43;1-19(42)30-24-11-21(23-14-35-20(2)36-15-23)5-7-25(24)40(39-30)16-29(43)41-26-12-33(13-27(33)41)18-46-10-4-3-9-45-17-22-6-8-28(34)37-31(22)38-32(26)44/h3,5,7-10,12,15-16,27-28H,4,6,11,13-14,17-19H2,1-2H3,(H,39,46)(H,40,41,48);3-8,11,15-16,28,30H,9-10,12-14,17-19H2,1-2H3;3-8,11,14-15,26-27H,9-10,12-13,16-18H2,1-2H3,(H,37,38,44)/t27-,28?,35?;28-,30+,34-;26-,27?,33?/m000/s1. The van der Waals surface area contributed by atoms with Gasteiger partial charge in [-0.05, 0) is 190 Å². The lowest BCUT2D eigenvalue weighted by Crippen LogP contribution is -2.47. The summed E-state index contributed by atoms with van der Waals surface area (Å²) in [6, 6.07) is 25.2. The van der Waals surface area contributed by atoms with Crippen LogP contribution in [-0.4, -0.2) is 237 Å². The number of likely N-dealkylation sites (tertiary alicyclic amines) is 3. The number of piperidine rings is 3. The first-order valence-electron chi connectivity index (χ1n) is 46.6. The van der Waals surface area contributed by atoms with Gasteiger partial charge in [-0.3, -0.25) is 62.0 Å². The first kappa shape index (κ1) is 96.6. The highest BCUT2D eigenvalue weighted by molar-refractivity contribution is 9.11. The quantitative estimate of drug-likeness (QED) is 0.0581. The van der Waals surface area contributed by atoms with Gasteiger partial charge >= 0.3 is 0 Å². The Kier molecular flexibility index (Phi) is 27.9. The predicted molar refractivity (Wildman–Crippen MR) is 527 cm³/mol. The Morgan fingerprint density at radius 2 is 0.752 bits per heavy atom. The average Bonchev–Trinajstić information content (AvgIpc) is 1.54. The van der Waals surface area contributed by atoms with Crippen molar-refractivity contribution >= 4 is 151 Å². The normalized spacial score (nSPS) is 22.8. The van der Waals surface area contributed by atoms with E-state index in [4.69, 9.17) is 23.7 Å². The number of ether oxygens (including phenoxy) is 5. The summed E-state index contributed by atoms with van der Waals surface area (Å²) in [5.74, 6) is 0.424. The third kappa shape index (κ3) is 20.7. The van der Waals surface area contributed by atoms with Crippen LogP contribution >= 0.6 is 47.8 Å². The number of hydrogen-bond acceptors (Lipinski definition) is 27. The first-order chi connectivity index (χ1) is 68.1. The van der Waals surface area contributed by atoms with Crippen molar-refractivity contribution in [2.75, 3.05) is 63.4 Å². The minimum atomic E-state index is -0.808. The van der Waals surface area contributed by atoms with Crippen LogP contribution in [-0.2, 0) is 103 Å². The molecule has 724 valence electrons. The van der Waals surface area contributed by atoms with Gasteiger partial charge < -0.3 is 54.3 Å². The summed E-state index contributed by atoms with van der Waals surface area (Å²) in [6.45, 7) is 13.4. The van der Waals surface area contributed by atoms with Crippen molar-refractivity contribution in [3.63, 3.8) is 0 Å². The molecule has 21 rings (SSSR count). The number of Topliss-reactive ketones (excluding diaryl/α,β-unsaturated/α-hetero) is 4. The van der Waals surface area contributed by atoms with Crippen molar-refractivity contribution in [3.8, 4) is 33.4 Å². The highest BCUT2D eigenvalue weighted by Gasteiger charge is 2.70. The van der Waals surface area contributed by atoms with E-state index < -0.39 is 23.5 Å². The smallest absolute Gasteiger partial charge is 0.248 e. The lowest BCUT2D eigenvalue weighted by atomic mass is 9.95. The number of nitrogens with zero attached hydrogens (tertiary/aromatic N) is 18. The molecule has 6 fully saturated rings. The Morgan fingerprint density at radius 1 is 0.404 bits per heavy atom. The number of ketones is 4. The lowest BCUT2D eigenvalue weighted by molar-refractivity contribution is -0.139. The number of allylic oxidation sites excluding steroid dienone is 1. The SMILES string of the molecule is CC(=O)c1nn(CC(=O)N2C3CC34CNC(=O)CCC=CCOCc3ccc(Br)nc3NC(=O)[C@@H]2C4)c2ccc(-c3cnc(C)nc3)cc12.CC(=O)c1nn(CC(=O)N2C3CC34COCC=CCOCc3ccc(Br)nc3NC(=O)[C@@H]2C4)c2ccc(-c3cnc(C)nc3)cc12.CC(=O)c1nn(CC(=O)N2[C@H]3C[C@@]4(COCC=CCOCc5ccc(Br)nc5CC3=O)C[C@@H]24)c2ccc(-c3cnc(C)nc3)cc12. The molecule has 3 N–H and O–H groups in total. The van der Waals surface area contributed by atoms with E-state index >= 15 is 0 Å². The third-order valence-electron chi connectivity index (χ3n) is 27.6. The van der Waals surface area contributed by atoms with Crippen molar-refractivity contribution < 1.29 is 71.6 Å². The van der Waals surface area contributed by atoms with Crippen molar-refractivity contribution in [2.24, 2.45) is 16.2 Å². The maximum atomic E-state index is 14.3. The van der Waals surface area contributed by atoms with E-state index in [2.05, 4.69) is 124 Å². The molecule has 3 aromatic carbocycles. The summed E-state index contributed by atoms with van der Waals surface area (Å²) in [4.78, 5) is 180. The molecule has 36 nitrogen and oxygen atoms in total. The Morgan fingerprint density at radius 3 is 1.16 bits per heavy atom. The van der Waals surface area contributed by atoms with Gasteiger partial charge in [0.05, 0.1) is 101 Å². The zero-order chi connectivity index (χ0) is 98.3. The lowest BCUT2D eigenvalue weighted by Gasteiger charge is -2.27. The Bertz CT molecular complexity index is 6840. The molecule has 3 spiro atoms. The van der Waals surface area contributed by atoms with Gasteiger partial charge in [0.1, 0.15) is 91.7 Å². The molecule has 3 aliphatic carbocycles. The van der Waals surface area contributed by atoms with Crippen LogP contribution in [0, 0.1) is 37.0 Å². The molecule has 12 aromatic rings. The summed E-state index contributed by atoms with van der Waals surface area (Å²) >= 11 is 10.2. The fourth-order valence-electron chi connectivity index (χ4n) is 20.1. The molecule has 9 aliphatic rings. The second-order valence-corrected chi connectivity index (χ2v) is 39.6. The van der Waals surface area contributed by atoms with Crippen molar-refractivity contribution in [3.05, 3.63) is 235 Å². The molecule has 6 bridgehead atoms. The van der Waals surface area contributed by atoms with Crippen LogP contribution in [0.1, 0.15) is 143 Å². The van der Waals surface area contributed by atoms with Gasteiger partial charge in [0.15, 0.2) is 23.1 Å². The molecule has 141 heavy (non-hydrogen) atoms. The molecular formula is C102H100Br3N21O15. The van der Waals surface area contributed by atoms with Gasteiger partial charge in [-0.25, -0.2) is 44.9 Å². The van der Waals surface area contributed by atoms with E-state index in [1.807, 2.05) is 136 Å². The van der Waals surface area contributed by atoms with Crippen LogP contribution in [0.25, 0.3) is 66.1 Å². The molecule has 9 atom stereocenters. The minimum absolute atomic E-state index is 0.0699. The molecule has 39 heteroatoms. The second kappa shape index (κ2) is 40.7. The van der Waals surface area contributed by atoms with Gasteiger partial charge in [-0.2, -0.15) is 15.3 Å². The number of pyridine rings is 3. The molecule has 4 unspecified atom stereocenters. The number of halogens is 3. The summed E-state index contributed by atoms with van der Waals surface area (Å²) in [5, 5.41) is 24.6. The van der Waals surface area contributed by atoms with Crippen molar-refractivity contribution in [2.45, 2.75) is 175 Å². The summed E-state index contributed by atoms with van der Waals surface area (Å²) < 4.78 is 35.8. The Hall–Kier alpha value is -13.3. The van der Waals surface area contributed by atoms with Crippen LogP contribution in [0.3, 0.4) is 0 Å². The molecule has 3 saturated heterocycles. The Balaban J connectivity index is 0.000000135. The summed E-state index contributed by atoms with van der Waals surface area (Å²) in [6.07, 6.45) is 26.4. The maximum absolute atomic E-state index is 14.3. The average molecular weight is 2100 g/mol. The zero-order valence-corrected chi connectivity index (χ0v) is 82.9. The van der Waals surface area contributed by atoms with E-state index in [1.54, 1.807) is 73.4 Å². The highest BCUT2D eigenvalue weighted by Crippen LogP contribution is 2.62. The van der Waals surface area contributed by atoms with E-state index in [0.29, 0.717) is 185 Å². The van der Waals surface area contributed by atoms with Crippen molar-refractivity contribution in [1.29, 1.82) is 0 Å².